The van der Waals surface area contributed by atoms with E-state index in [1.54, 1.807) is 53.3 Å². The standard InChI is InChI=1S/C27H25F4N3O2/c1-3-4-18-5-7-19(8-6-18)25(17(2)33-26(35)27(29,30)31)36-23-13-14-24-20(15-23)16-32-34(24)22-11-9-21(28)10-12-22/h5-17,25H,3-4H2,1-2H3,(H,33,35). The number of amides is 1. The smallest absolute Gasteiger partial charge is 0.471 e. The van der Waals surface area contributed by atoms with E-state index in [1.165, 1.54) is 19.1 Å². The van der Waals surface area contributed by atoms with Crippen LogP contribution in [0, 0.1) is 5.82 Å². The molecule has 0 saturated carbocycles. The molecule has 0 bridgehead atoms. The Morgan fingerprint density at radius 3 is 2.39 bits per heavy atom. The molecule has 1 N–H and O–H groups in total. The monoisotopic (exact) mass is 499 g/mol. The number of rotatable bonds is 8. The molecule has 0 saturated heterocycles. The average molecular weight is 500 g/mol. The lowest BCUT2D eigenvalue weighted by Gasteiger charge is -2.27. The van der Waals surface area contributed by atoms with Gasteiger partial charge in [-0.2, -0.15) is 18.3 Å². The van der Waals surface area contributed by atoms with E-state index in [1.807, 2.05) is 17.4 Å². The number of aromatic nitrogens is 2. The number of nitrogens with zero attached hydrogens (tertiary/aromatic N) is 2. The van der Waals surface area contributed by atoms with Crippen LogP contribution in [0.5, 0.6) is 5.75 Å². The summed E-state index contributed by atoms with van der Waals surface area (Å²) in [5.41, 5.74) is 3.15. The maximum absolute atomic E-state index is 13.3. The highest BCUT2D eigenvalue weighted by atomic mass is 19.4. The van der Waals surface area contributed by atoms with Crippen molar-refractivity contribution >= 4 is 16.8 Å². The van der Waals surface area contributed by atoms with Gasteiger partial charge < -0.3 is 10.1 Å². The third kappa shape index (κ3) is 5.67. The molecule has 1 amide bonds. The quantitative estimate of drug-likeness (QED) is 0.289. The molecule has 36 heavy (non-hydrogen) atoms. The summed E-state index contributed by atoms with van der Waals surface area (Å²) in [4.78, 5) is 11.6. The van der Waals surface area contributed by atoms with Gasteiger partial charge in [-0.05, 0) is 66.9 Å². The number of aryl methyl sites for hydroxylation is 1. The Hall–Kier alpha value is -3.88. The molecule has 188 valence electrons. The van der Waals surface area contributed by atoms with Crippen LogP contribution in [0.25, 0.3) is 16.6 Å². The molecule has 5 nitrogen and oxygen atoms in total. The molecular weight excluding hydrogens is 474 g/mol. The second-order valence-corrected chi connectivity index (χ2v) is 8.54. The molecule has 0 aliphatic heterocycles. The largest absolute Gasteiger partial charge is 0.484 e. The van der Waals surface area contributed by atoms with Gasteiger partial charge in [0.25, 0.3) is 0 Å². The van der Waals surface area contributed by atoms with Crippen LogP contribution in [0.3, 0.4) is 0 Å². The summed E-state index contributed by atoms with van der Waals surface area (Å²) < 4.78 is 59.8. The second-order valence-electron chi connectivity index (χ2n) is 8.54. The van der Waals surface area contributed by atoms with E-state index in [9.17, 15) is 22.4 Å². The Bertz CT molecular complexity index is 1330. The van der Waals surface area contributed by atoms with E-state index in [0.29, 0.717) is 17.0 Å². The Morgan fingerprint density at radius 2 is 1.75 bits per heavy atom. The average Bonchev–Trinajstić information content (AvgIpc) is 3.26. The highest BCUT2D eigenvalue weighted by Crippen LogP contribution is 2.30. The molecule has 0 radical (unpaired) electrons. The zero-order chi connectivity index (χ0) is 25.9. The number of ether oxygens (including phenoxy) is 1. The van der Waals surface area contributed by atoms with E-state index in [2.05, 4.69) is 12.0 Å². The van der Waals surface area contributed by atoms with Gasteiger partial charge in [-0.3, -0.25) is 4.79 Å². The van der Waals surface area contributed by atoms with Crippen molar-refractivity contribution < 1.29 is 27.1 Å². The van der Waals surface area contributed by atoms with Crippen LogP contribution in [-0.2, 0) is 11.2 Å². The lowest BCUT2D eigenvalue weighted by molar-refractivity contribution is -0.174. The first-order chi connectivity index (χ1) is 17.2. The van der Waals surface area contributed by atoms with Gasteiger partial charge in [0.15, 0.2) is 0 Å². The molecule has 0 aliphatic carbocycles. The highest BCUT2D eigenvalue weighted by molar-refractivity contribution is 5.82. The summed E-state index contributed by atoms with van der Waals surface area (Å²) in [5.74, 6) is -1.98. The Labute approximate surface area is 205 Å². The van der Waals surface area contributed by atoms with Crippen LogP contribution in [0.1, 0.15) is 37.5 Å². The molecule has 2 atom stereocenters. The van der Waals surface area contributed by atoms with Crippen molar-refractivity contribution in [3.8, 4) is 11.4 Å². The number of carbonyl (C=O) groups excluding carboxylic acids is 1. The van der Waals surface area contributed by atoms with E-state index in [-0.39, 0.29) is 5.82 Å². The summed E-state index contributed by atoms with van der Waals surface area (Å²) >= 11 is 0. The van der Waals surface area contributed by atoms with Crippen molar-refractivity contribution in [1.82, 2.24) is 15.1 Å². The summed E-state index contributed by atoms with van der Waals surface area (Å²) in [6.45, 7) is 3.53. The Kier molecular flexibility index (Phi) is 7.28. The van der Waals surface area contributed by atoms with Crippen molar-refractivity contribution in [1.29, 1.82) is 0 Å². The molecule has 0 spiro atoms. The van der Waals surface area contributed by atoms with Gasteiger partial charge in [-0.1, -0.05) is 37.6 Å². The van der Waals surface area contributed by atoms with Crippen molar-refractivity contribution in [3.63, 3.8) is 0 Å². The van der Waals surface area contributed by atoms with Crippen molar-refractivity contribution in [3.05, 3.63) is 89.9 Å². The summed E-state index contributed by atoms with van der Waals surface area (Å²) in [6, 6.07) is 17.5. The minimum atomic E-state index is -5.00. The van der Waals surface area contributed by atoms with Gasteiger partial charge in [-0.15, -0.1) is 0 Å². The number of fused-ring (bicyclic) bond motifs is 1. The maximum Gasteiger partial charge on any atom is 0.471 e. The van der Waals surface area contributed by atoms with Crippen molar-refractivity contribution in [2.75, 3.05) is 0 Å². The van der Waals surface area contributed by atoms with E-state index in [4.69, 9.17) is 4.74 Å². The van der Waals surface area contributed by atoms with Gasteiger partial charge in [0, 0.05) is 5.39 Å². The summed E-state index contributed by atoms with van der Waals surface area (Å²) in [6.07, 6.45) is -2.42. The zero-order valence-electron chi connectivity index (χ0n) is 19.7. The number of benzene rings is 3. The zero-order valence-corrected chi connectivity index (χ0v) is 19.7. The molecule has 1 heterocycles. The van der Waals surface area contributed by atoms with Crippen molar-refractivity contribution in [2.45, 2.75) is 45.0 Å². The van der Waals surface area contributed by atoms with Crippen LogP contribution in [-0.4, -0.2) is 27.9 Å². The van der Waals surface area contributed by atoms with Crippen LogP contribution >= 0.6 is 0 Å². The molecule has 4 aromatic rings. The van der Waals surface area contributed by atoms with E-state index < -0.39 is 24.2 Å². The molecule has 1 aromatic heterocycles. The molecule has 4 rings (SSSR count). The molecule has 3 aromatic carbocycles. The SMILES string of the molecule is CCCc1ccc(C(Oc2ccc3c(cnn3-c3ccc(F)cc3)c2)C(C)NC(=O)C(F)(F)F)cc1. The van der Waals surface area contributed by atoms with Crippen LogP contribution < -0.4 is 10.1 Å². The van der Waals surface area contributed by atoms with Crippen LogP contribution in [0.4, 0.5) is 17.6 Å². The summed E-state index contributed by atoms with van der Waals surface area (Å²) in [5, 5.41) is 7.09. The summed E-state index contributed by atoms with van der Waals surface area (Å²) in [7, 11) is 0. The van der Waals surface area contributed by atoms with Crippen molar-refractivity contribution in [2.24, 2.45) is 0 Å². The number of alkyl halides is 3. The van der Waals surface area contributed by atoms with E-state index >= 15 is 0 Å². The van der Waals surface area contributed by atoms with Gasteiger partial charge in [0.2, 0.25) is 0 Å². The Balaban J connectivity index is 1.63. The first kappa shape index (κ1) is 25.2. The molecule has 0 fully saturated rings. The normalized spacial score (nSPS) is 13.4. The molecule has 0 aliphatic rings. The number of hydrogen-bond acceptors (Lipinski definition) is 3. The van der Waals surface area contributed by atoms with Crippen LogP contribution in [0.2, 0.25) is 0 Å². The van der Waals surface area contributed by atoms with Gasteiger partial charge in [0.05, 0.1) is 23.4 Å². The Morgan fingerprint density at radius 1 is 1.06 bits per heavy atom. The fourth-order valence-corrected chi connectivity index (χ4v) is 4.00. The molecular formula is C27H25F4N3O2. The first-order valence-electron chi connectivity index (χ1n) is 11.5. The topological polar surface area (TPSA) is 56.1 Å². The molecule has 2 unspecified atom stereocenters. The third-order valence-corrected chi connectivity index (χ3v) is 5.79. The van der Waals surface area contributed by atoms with Gasteiger partial charge >= 0.3 is 12.1 Å². The van der Waals surface area contributed by atoms with Gasteiger partial charge in [0.1, 0.15) is 17.7 Å². The third-order valence-electron chi connectivity index (χ3n) is 5.79. The highest BCUT2D eigenvalue weighted by Gasteiger charge is 2.40. The number of hydrogen-bond donors (Lipinski definition) is 1. The maximum atomic E-state index is 13.3. The first-order valence-corrected chi connectivity index (χ1v) is 11.5. The lowest BCUT2D eigenvalue weighted by atomic mass is 10.00. The number of nitrogens with one attached hydrogen (secondary N) is 1. The van der Waals surface area contributed by atoms with Gasteiger partial charge in [-0.25, -0.2) is 9.07 Å². The fraction of sp³-hybridized carbons (Fsp3) is 0.259. The predicted octanol–water partition coefficient (Wildman–Crippen LogP) is 6.30. The molecule has 9 heteroatoms. The number of halogens is 4. The minimum absolute atomic E-state index is 0.355. The second kappa shape index (κ2) is 10.4. The minimum Gasteiger partial charge on any atom is -0.484 e. The number of carbonyl (C=O) groups is 1. The fourth-order valence-electron chi connectivity index (χ4n) is 4.00. The van der Waals surface area contributed by atoms with Crippen LogP contribution in [0.15, 0.2) is 72.9 Å². The lowest BCUT2D eigenvalue weighted by Crippen LogP contribution is -2.45. The van der Waals surface area contributed by atoms with E-state index in [0.717, 1.165) is 29.3 Å². The predicted molar refractivity (Wildman–Crippen MR) is 128 cm³/mol.